The van der Waals surface area contributed by atoms with E-state index in [0.29, 0.717) is 34.9 Å². The molecular weight excluding hydrogens is 487 g/mol. The van der Waals surface area contributed by atoms with E-state index in [2.05, 4.69) is 16.8 Å². The topological polar surface area (TPSA) is 109 Å². The normalized spacial score (nSPS) is 23.7. The molecule has 0 bridgehead atoms. The van der Waals surface area contributed by atoms with E-state index in [1.807, 2.05) is 6.07 Å². The van der Waals surface area contributed by atoms with E-state index in [0.717, 1.165) is 30.8 Å². The average molecular weight is 525 g/mol. The molecule has 5 rings (SSSR count). The number of nitrogens with zero attached hydrogens (tertiary/aromatic N) is 3. The van der Waals surface area contributed by atoms with Crippen LogP contribution in [0.1, 0.15) is 55.8 Å². The zero-order chi connectivity index (χ0) is 26.9. The highest BCUT2D eigenvalue weighted by Crippen LogP contribution is 2.41. The fourth-order valence-corrected chi connectivity index (χ4v) is 5.96. The number of carbonyl (C=O) groups is 2. The fourth-order valence-electron chi connectivity index (χ4n) is 5.96. The molecule has 0 radical (unpaired) electrons. The van der Waals surface area contributed by atoms with Crippen LogP contribution in [0.4, 0.5) is 4.39 Å². The van der Waals surface area contributed by atoms with E-state index in [9.17, 15) is 19.1 Å². The molecule has 0 unspecified atom stereocenters. The first kappa shape index (κ1) is 26.6. The second-order valence-corrected chi connectivity index (χ2v) is 11.5. The van der Waals surface area contributed by atoms with Crippen LogP contribution in [-0.2, 0) is 4.79 Å². The van der Waals surface area contributed by atoms with Crippen LogP contribution in [0.3, 0.4) is 0 Å². The summed E-state index contributed by atoms with van der Waals surface area (Å²) in [5, 5.41) is 9.85. The molecule has 2 aliphatic heterocycles. The van der Waals surface area contributed by atoms with Crippen molar-refractivity contribution in [3.05, 3.63) is 47.9 Å². The lowest BCUT2D eigenvalue weighted by molar-refractivity contribution is -0.121. The maximum Gasteiger partial charge on any atom is 0.257 e. The number of hydrogen-bond acceptors (Lipinski definition) is 6. The van der Waals surface area contributed by atoms with Gasteiger partial charge in [-0.05, 0) is 73.9 Å². The summed E-state index contributed by atoms with van der Waals surface area (Å²) in [6, 6.07) is 6.95. The Hall–Kier alpha value is -3.04. The van der Waals surface area contributed by atoms with Gasteiger partial charge in [-0.3, -0.25) is 9.59 Å². The summed E-state index contributed by atoms with van der Waals surface area (Å²) in [4.78, 5) is 32.6. The molecule has 3 heterocycles. The number of amides is 2. The third kappa shape index (κ3) is 5.83. The third-order valence-electron chi connectivity index (χ3n) is 8.48. The van der Waals surface area contributed by atoms with Crippen LogP contribution in [0.15, 0.2) is 36.5 Å². The molecule has 1 saturated carbocycles. The number of pyridine rings is 1. The minimum absolute atomic E-state index is 0.0551. The number of likely N-dealkylation sites (tertiary alicyclic amines) is 2. The van der Waals surface area contributed by atoms with Crippen molar-refractivity contribution in [1.82, 2.24) is 14.8 Å². The Bertz CT molecular complexity index is 1160. The quantitative estimate of drug-likeness (QED) is 0.549. The Labute approximate surface area is 223 Å². The zero-order valence-corrected chi connectivity index (χ0v) is 21.9. The zero-order valence-electron chi connectivity index (χ0n) is 21.9. The third-order valence-corrected chi connectivity index (χ3v) is 8.48. The lowest BCUT2D eigenvalue weighted by atomic mass is 9.70. The van der Waals surface area contributed by atoms with Gasteiger partial charge in [0.1, 0.15) is 11.9 Å². The van der Waals surface area contributed by atoms with Gasteiger partial charge in [0, 0.05) is 37.3 Å². The molecular formula is C29H37FN4O4. The van der Waals surface area contributed by atoms with Gasteiger partial charge in [0.15, 0.2) is 0 Å². The Morgan fingerprint density at radius 2 is 1.92 bits per heavy atom. The summed E-state index contributed by atoms with van der Waals surface area (Å²) in [5.41, 5.74) is 6.97. The number of aliphatic hydroxyl groups is 1. The number of halogens is 1. The molecule has 2 atom stereocenters. The summed E-state index contributed by atoms with van der Waals surface area (Å²) in [6.45, 7) is 6.46. The molecule has 2 aromatic rings. The van der Waals surface area contributed by atoms with Crippen molar-refractivity contribution in [3.8, 4) is 17.0 Å². The number of rotatable bonds is 8. The molecule has 2 saturated heterocycles. The highest BCUT2D eigenvalue weighted by molar-refractivity contribution is 5.98. The smallest absolute Gasteiger partial charge is 0.257 e. The maximum atomic E-state index is 14.9. The van der Waals surface area contributed by atoms with Gasteiger partial charge in [-0.1, -0.05) is 19.4 Å². The molecule has 3 N–H and O–H groups in total. The lowest BCUT2D eigenvalue weighted by Gasteiger charge is -2.44. The maximum absolute atomic E-state index is 14.9. The summed E-state index contributed by atoms with van der Waals surface area (Å²) in [7, 11) is 0. The van der Waals surface area contributed by atoms with Gasteiger partial charge >= 0.3 is 0 Å². The molecule has 3 aliphatic rings. The standard InChI is InChI=1S/C29H37FN4O4/c1-29(9-2-10-29)18-33-11-7-19(8-12-33)17-38-26-6-4-21(15-32-26)20-3-5-23(24(30)13-20)28(37)34-16-22(35)14-25(34)27(31)36/h3-6,13,15,19,22,25,35H,2,7-12,14,16-18H2,1H3,(H2,31,36)/t22-,25+/m1/s1. The Balaban J connectivity index is 1.14. The highest BCUT2D eigenvalue weighted by atomic mass is 19.1. The Morgan fingerprint density at radius 1 is 1.18 bits per heavy atom. The Kier molecular flexibility index (Phi) is 7.68. The van der Waals surface area contributed by atoms with Gasteiger partial charge in [0.05, 0.1) is 18.3 Å². The van der Waals surface area contributed by atoms with Crippen LogP contribution < -0.4 is 10.5 Å². The van der Waals surface area contributed by atoms with Gasteiger partial charge in [-0.25, -0.2) is 9.37 Å². The van der Waals surface area contributed by atoms with E-state index in [1.165, 1.54) is 37.9 Å². The molecule has 1 aromatic carbocycles. The number of aliphatic hydroxyl groups excluding tert-OH is 1. The van der Waals surface area contributed by atoms with Crippen molar-refractivity contribution in [2.75, 3.05) is 32.8 Å². The van der Waals surface area contributed by atoms with E-state index < -0.39 is 29.8 Å². The monoisotopic (exact) mass is 524 g/mol. The van der Waals surface area contributed by atoms with Crippen LogP contribution in [0.2, 0.25) is 0 Å². The second-order valence-electron chi connectivity index (χ2n) is 11.5. The van der Waals surface area contributed by atoms with E-state index in [-0.39, 0.29) is 18.5 Å². The summed E-state index contributed by atoms with van der Waals surface area (Å²) >= 11 is 0. The Morgan fingerprint density at radius 3 is 2.53 bits per heavy atom. The van der Waals surface area contributed by atoms with Crippen molar-refractivity contribution in [1.29, 1.82) is 0 Å². The van der Waals surface area contributed by atoms with Crippen LogP contribution in [0.5, 0.6) is 5.88 Å². The first-order chi connectivity index (χ1) is 18.2. The van der Waals surface area contributed by atoms with Crippen molar-refractivity contribution < 1.29 is 23.8 Å². The summed E-state index contributed by atoms with van der Waals surface area (Å²) < 4.78 is 20.9. The first-order valence-electron chi connectivity index (χ1n) is 13.6. The number of β-amino-alcohol motifs (C(OH)–C–C–N with tert-alkyl or cyclic N) is 1. The van der Waals surface area contributed by atoms with E-state index in [4.69, 9.17) is 10.5 Å². The summed E-state index contributed by atoms with van der Waals surface area (Å²) in [5.74, 6) is -1.04. The van der Waals surface area contributed by atoms with Crippen molar-refractivity contribution in [2.24, 2.45) is 17.1 Å². The number of hydrogen-bond donors (Lipinski definition) is 2. The second kappa shape index (κ2) is 11.0. The van der Waals surface area contributed by atoms with Crippen LogP contribution in [-0.4, -0.2) is 76.6 Å². The molecule has 9 heteroatoms. The van der Waals surface area contributed by atoms with Gasteiger partial charge in [-0.15, -0.1) is 0 Å². The number of ether oxygens (including phenoxy) is 1. The molecule has 204 valence electrons. The van der Waals surface area contributed by atoms with Gasteiger partial charge < -0.3 is 25.4 Å². The van der Waals surface area contributed by atoms with Crippen LogP contribution >= 0.6 is 0 Å². The fraction of sp³-hybridized carbons (Fsp3) is 0.552. The SMILES string of the molecule is CC1(CN2CCC(COc3ccc(-c4ccc(C(=O)N5C[C@H](O)C[C@H]5C(N)=O)c(F)c4)cn3)CC2)CCC1. The first-order valence-corrected chi connectivity index (χ1v) is 13.6. The molecule has 38 heavy (non-hydrogen) atoms. The van der Waals surface area contributed by atoms with E-state index >= 15 is 0 Å². The molecule has 1 aromatic heterocycles. The summed E-state index contributed by atoms with van der Waals surface area (Å²) in [6.07, 6.45) is 7.17. The number of benzene rings is 1. The number of piperidine rings is 1. The predicted molar refractivity (Wildman–Crippen MR) is 141 cm³/mol. The number of aromatic nitrogens is 1. The molecule has 0 spiro atoms. The van der Waals surface area contributed by atoms with Gasteiger partial charge in [0.25, 0.3) is 5.91 Å². The average Bonchev–Trinajstić information content (AvgIpc) is 3.29. The van der Waals surface area contributed by atoms with Crippen LogP contribution in [0.25, 0.3) is 11.1 Å². The lowest BCUT2D eigenvalue weighted by Crippen LogP contribution is -2.44. The number of carbonyl (C=O) groups excluding carboxylic acids is 2. The molecule has 8 nitrogen and oxygen atoms in total. The molecule has 2 amide bonds. The molecule has 3 fully saturated rings. The van der Waals surface area contributed by atoms with Crippen molar-refractivity contribution >= 4 is 11.8 Å². The van der Waals surface area contributed by atoms with Crippen molar-refractivity contribution in [3.63, 3.8) is 0 Å². The van der Waals surface area contributed by atoms with Gasteiger partial charge in [-0.2, -0.15) is 0 Å². The van der Waals surface area contributed by atoms with Crippen LogP contribution in [0, 0.1) is 17.2 Å². The minimum atomic E-state index is -0.948. The van der Waals surface area contributed by atoms with E-state index in [1.54, 1.807) is 18.3 Å². The number of primary amides is 1. The predicted octanol–water partition coefficient (Wildman–Crippen LogP) is 3.23. The highest BCUT2D eigenvalue weighted by Gasteiger charge is 2.39. The molecule has 1 aliphatic carbocycles. The minimum Gasteiger partial charge on any atom is -0.477 e. The van der Waals surface area contributed by atoms with Crippen molar-refractivity contribution in [2.45, 2.75) is 57.6 Å². The number of nitrogens with two attached hydrogens (primary N) is 1. The largest absolute Gasteiger partial charge is 0.477 e. The van der Waals surface area contributed by atoms with Gasteiger partial charge in [0.2, 0.25) is 11.8 Å².